The number of hydrogen-bond donors (Lipinski definition) is 1. The Hall–Kier alpha value is -1.97. The molecule has 0 saturated carbocycles. The summed E-state index contributed by atoms with van der Waals surface area (Å²) in [5, 5.41) is 3.30. The van der Waals surface area contributed by atoms with Gasteiger partial charge in [-0.1, -0.05) is 18.2 Å². The summed E-state index contributed by atoms with van der Waals surface area (Å²) in [5.74, 6) is 1.79. The first-order chi connectivity index (χ1) is 8.75. The lowest BCUT2D eigenvalue weighted by Crippen LogP contribution is -2.16. The van der Waals surface area contributed by atoms with Crippen LogP contribution in [0, 0.1) is 0 Å². The smallest absolute Gasteiger partial charge is 0.203 e. The predicted octanol–water partition coefficient (Wildman–Crippen LogP) is 2.78. The largest absolute Gasteiger partial charge is 0.492 e. The first kappa shape index (κ1) is 12.5. The first-order valence-corrected chi connectivity index (χ1v) is 6.21. The molecule has 0 radical (unpaired) electrons. The van der Waals surface area contributed by atoms with Gasteiger partial charge < -0.3 is 14.6 Å². The molecule has 1 aromatic carbocycles. The van der Waals surface area contributed by atoms with E-state index in [1.165, 1.54) is 0 Å². The summed E-state index contributed by atoms with van der Waals surface area (Å²) < 4.78 is 7.72. The van der Waals surface area contributed by atoms with Crippen LogP contribution in [0.5, 0.6) is 5.75 Å². The van der Waals surface area contributed by atoms with Gasteiger partial charge in [0.15, 0.2) is 0 Å². The highest BCUT2D eigenvalue weighted by Gasteiger charge is 2.03. The molecule has 0 saturated heterocycles. The van der Waals surface area contributed by atoms with Gasteiger partial charge in [0.1, 0.15) is 12.4 Å². The SMILES string of the molecule is CC(C)Nc1nccn1CCOc1ccccc1. The van der Waals surface area contributed by atoms with Crippen molar-refractivity contribution in [1.82, 2.24) is 9.55 Å². The maximum Gasteiger partial charge on any atom is 0.203 e. The van der Waals surface area contributed by atoms with Gasteiger partial charge >= 0.3 is 0 Å². The van der Waals surface area contributed by atoms with E-state index in [1.54, 1.807) is 6.20 Å². The number of nitrogens with zero attached hydrogens (tertiary/aromatic N) is 2. The Bertz CT molecular complexity index is 465. The highest BCUT2D eigenvalue weighted by Crippen LogP contribution is 2.10. The molecule has 0 bridgehead atoms. The quantitative estimate of drug-likeness (QED) is 0.850. The van der Waals surface area contributed by atoms with E-state index in [9.17, 15) is 0 Å². The molecule has 18 heavy (non-hydrogen) atoms. The van der Waals surface area contributed by atoms with Crippen LogP contribution in [0.3, 0.4) is 0 Å². The summed E-state index contributed by atoms with van der Waals surface area (Å²) in [6, 6.07) is 10.2. The number of imidazole rings is 1. The monoisotopic (exact) mass is 245 g/mol. The molecule has 1 heterocycles. The van der Waals surface area contributed by atoms with E-state index >= 15 is 0 Å². The lowest BCUT2D eigenvalue weighted by molar-refractivity contribution is 0.299. The summed E-state index contributed by atoms with van der Waals surface area (Å²) in [5.41, 5.74) is 0. The molecule has 0 atom stereocenters. The van der Waals surface area contributed by atoms with E-state index in [-0.39, 0.29) is 0 Å². The number of rotatable bonds is 6. The fourth-order valence-electron chi connectivity index (χ4n) is 1.67. The third-order valence-corrected chi connectivity index (χ3v) is 2.48. The molecule has 0 aliphatic heterocycles. The normalized spacial score (nSPS) is 10.6. The van der Waals surface area contributed by atoms with Crippen molar-refractivity contribution in [3.8, 4) is 5.75 Å². The fraction of sp³-hybridized carbons (Fsp3) is 0.357. The highest BCUT2D eigenvalue weighted by molar-refractivity contribution is 5.27. The summed E-state index contributed by atoms with van der Waals surface area (Å²) in [6.45, 7) is 5.61. The van der Waals surface area contributed by atoms with Crippen LogP contribution < -0.4 is 10.1 Å². The molecular formula is C14H19N3O. The van der Waals surface area contributed by atoms with Crippen molar-refractivity contribution >= 4 is 5.95 Å². The molecule has 0 fully saturated rings. The topological polar surface area (TPSA) is 39.1 Å². The van der Waals surface area contributed by atoms with Crippen LogP contribution in [0.25, 0.3) is 0 Å². The minimum absolute atomic E-state index is 0.376. The first-order valence-electron chi connectivity index (χ1n) is 6.21. The zero-order chi connectivity index (χ0) is 12.8. The third-order valence-electron chi connectivity index (χ3n) is 2.48. The second kappa shape index (κ2) is 6.10. The van der Waals surface area contributed by atoms with E-state index in [2.05, 4.69) is 28.7 Å². The number of para-hydroxylation sites is 1. The maximum absolute atomic E-state index is 5.66. The van der Waals surface area contributed by atoms with E-state index in [0.29, 0.717) is 12.6 Å². The van der Waals surface area contributed by atoms with Gasteiger partial charge in [0, 0.05) is 18.4 Å². The summed E-state index contributed by atoms with van der Waals surface area (Å²) >= 11 is 0. The van der Waals surface area contributed by atoms with Crippen LogP contribution in [0.15, 0.2) is 42.7 Å². The second-order valence-electron chi connectivity index (χ2n) is 4.40. The Kier molecular flexibility index (Phi) is 4.23. The average molecular weight is 245 g/mol. The van der Waals surface area contributed by atoms with Gasteiger partial charge in [-0.05, 0) is 26.0 Å². The van der Waals surface area contributed by atoms with E-state index in [1.807, 2.05) is 36.5 Å². The fourth-order valence-corrected chi connectivity index (χ4v) is 1.67. The van der Waals surface area contributed by atoms with Gasteiger partial charge in [-0.3, -0.25) is 0 Å². The minimum Gasteiger partial charge on any atom is -0.492 e. The Morgan fingerprint density at radius 2 is 2.06 bits per heavy atom. The van der Waals surface area contributed by atoms with Crippen molar-refractivity contribution in [2.75, 3.05) is 11.9 Å². The Morgan fingerprint density at radius 1 is 1.28 bits per heavy atom. The van der Waals surface area contributed by atoms with Crippen LogP contribution in [0.2, 0.25) is 0 Å². The number of anilines is 1. The number of hydrogen-bond acceptors (Lipinski definition) is 3. The number of ether oxygens (including phenoxy) is 1. The molecule has 1 aromatic heterocycles. The van der Waals surface area contributed by atoms with E-state index in [0.717, 1.165) is 18.2 Å². The molecule has 0 unspecified atom stereocenters. The van der Waals surface area contributed by atoms with Crippen molar-refractivity contribution in [1.29, 1.82) is 0 Å². The summed E-state index contributed by atoms with van der Waals surface area (Å²) in [6.07, 6.45) is 3.76. The van der Waals surface area contributed by atoms with Crippen LogP contribution in [0.4, 0.5) is 5.95 Å². The summed E-state index contributed by atoms with van der Waals surface area (Å²) in [7, 11) is 0. The van der Waals surface area contributed by atoms with Crippen molar-refractivity contribution < 1.29 is 4.74 Å². The molecule has 2 rings (SSSR count). The van der Waals surface area contributed by atoms with Crippen LogP contribution in [-0.4, -0.2) is 22.2 Å². The molecule has 0 amide bonds. The van der Waals surface area contributed by atoms with Gasteiger partial charge in [0.2, 0.25) is 5.95 Å². The molecule has 0 spiro atoms. The average Bonchev–Trinajstić information content (AvgIpc) is 2.77. The van der Waals surface area contributed by atoms with Crippen molar-refractivity contribution in [3.05, 3.63) is 42.7 Å². The summed E-state index contributed by atoms with van der Waals surface area (Å²) in [4.78, 5) is 4.28. The number of aromatic nitrogens is 2. The second-order valence-corrected chi connectivity index (χ2v) is 4.40. The number of nitrogens with one attached hydrogen (secondary N) is 1. The van der Waals surface area contributed by atoms with Crippen LogP contribution >= 0.6 is 0 Å². The van der Waals surface area contributed by atoms with Crippen molar-refractivity contribution in [2.24, 2.45) is 0 Å². The van der Waals surface area contributed by atoms with Crippen LogP contribution in [0.1, 0.15) is 13.8 Å². The van der Waals surface area contributed by atoms with Gasteiger partial charge in [0.05, 0.1) is 6.54 Å². The highest BCUT2D eigenvalue weighted by atomic mass is 16.5. The van der Waals surface area contributed by atoms with Crippen LogP contribution in [-0.2, 0) is 6.54 Å². The molecule has 2 aromatic rings. The zero-order valence-corrected chi connectivity index (χ0v) is 10.8. The Labute approximate surface area is 108 Å². The van der Waals surface area contributed by atoms with Gasteiger partial charge in [0.25, 0.3) is 0 Å². The van der Waals surface area contributed by atoms with Gasteiger partial charge in [-0.2, -0.15) is 0 Å². The van der Waals surface area contributed by atoms with E-state index < -0.39 is 0 Å². The maximum atomic E-state index is 5.66. The zero-order valence-electron chi connectivity index (χ0n) is 10.8. The third kappa shape index (κ3) is 3.52. The molecule has 1 N–H and O–H groups in total. The predicted molar refractivity (Wildman–Crippen MR) is 72.9 cm³/mol. The molecule has 0 aliphatic rings. The molecule has 0 aliphatic carbocycles. The Morgan fingerprint density at radius 3 is 2.78 bits per heavy atom. The van der Waals surface area contributed by atoms with Gasteiger partial charge in [-0.25, -0.2) is 4.98 Å². The number of benzene rings is 1. The standard InChI is InChI=1S/C14H19N3O/c1-12(2)16-14-15-8-9-17(14)10-11-18-13-6-4-3-5-7-13/h3-9,12H,10-11H2,1-2H3,(H,15,16). The molecule has 96 valence electrons. The Balaban J connectivity index is 1.85. The lowest BCUT2D eigenvalue weighted by Gasteiger charge is -2.12. The molecule has 4 heteroatoms. The lowest BCUT2D eigenvalue weighted by atomic mass is 10.3. The van der Waals surface area contributed by atoms with Crippen molar-refractivity contribution in [2.45, 2.75) is 26.4 Å². The molecule has 4 nitrogen and oxygen atoms in total. The van der Waals surface area contributed by atoms with Gasteiger partial charge in [-0.15, -0.1) is 0 Å². The van der Waals surface area contributed by atoms with Crippen molar-refractivity contribution in [3.63, 3.8) is 0 Å². The van der Waals surface area contributed by atoms with E-state index in [4.69, 9.17) is 4.74 Å². The molecular weight excluding hydrogens is 226 g/mol. The minimum atomic E-state index is 0.376.